The molecule has 1 aliphatic rings. The van der Waals surface area contributed by atoms with E-state index >= 15 is 0 Å². The highest BCUT2D eigenvalue weighted by Crippen LogP contribution is 2.36. The summed E-state index contributed by atoms with van der Waals surface area (Å²) in [6, 6.07) is 7.77. The van der Waals surface area contributed by atoms with Crippen LogP contribution in [0, 0.1) is 6.92 Å². The molecule has 1 aromatic carbocycles. The molecule has 4 rings (SSSR count). The molecule has 1 fully saturated rings. The number of aryl methyl sites for hydroxylation is 1. The van der Waals surface area contributed by atoms with Gasteiger partial charge in [0, 0.05) is 41.4 Å². The fourth-order valence-corrected chi connectivity index (χ4v) is 3.65. The van der Waals surface area contributed by atoms with Crippen LogP contribution in [0.4, 0.5) is 0 Å². The third-order valence-corrected chi connectivity index (χ3v) is 5.22. The van der Waals surface area contributed by atoms with Crippen LogP contribution in [-0.2, 0) is 9.59 Å². The summed E-state index contributed by atoms with van der Waals surface area (Å²) < 4.78 is 2.79. The van der Waals surface area contributed by atoms with Crippen LogP contribution >= 0.6 is 15.9 Å². The summed E-state index contributed by atoms with van der Waals surface area (Å²) in [5, 5.41) is 0.955. The van der Waals surface area contributed by atoms with Gasteiger partial charge in [0.15, 0.2) is 0 Å². The Morgan fingerprint density at radius 3 is 2.56 bits per heavy atom. The molecule has 0 aliphatic carbocycles. The van der Waals surface area contributed by atoms with Crippen molar-refractivity contribution < 1.29 is 9.59 Å². The average molecular weight is 399 g/mol. The highest BCUT2D eigenvalue weighted by atomic mass is 79.9. The second kappa shape index (κ2) is 5.77. The summed E-state index contributed by atoms with van der Waals surface area (Å²) in [6.07, 6.45) is 3.64. The van der Waals surface area contributed by atoms with Gasteiger partial charge in [-0.05, 0) is 30.7 Å². The summed E-state index contributed by atoms with van der Waals surface area (Å²) in [6.45, 7) is 1.92. The van der Waals surface area contributed by atoms with Gasteiger partial charge in [0.25, 0.3) is 0 Å². The first-order chi connectivity index (χ1) is 12.0. The lowest BCUT2D eigenvalue weighted by atomic mass is 10.0. The fourth-order valence-electron chi connectivity index (χ4n) is 3.18. The summed E-state index contributed by atoms with van der Waals surface area (Å²) in [5.74, 6) is -0.404. The maximum absolute atomic E-state index is 12.6. The molecule has 7 heteroatoms. The van der Waals surface area contributed by atoms with Crippen LogP contribution in [0.5, 0.6) is 0 Å². The molecule has 0 spiro atoms. The van der Waals surface area contributed by atoms with E-state index in [0.29, 0.717) is 5.95 Å². The minimum absolute atomic E-state index is 0.162. The minimum Gasteiger partial charge on any atom is -0.285 e. The molecule has 0 N–H and O–H groups in total. The zero-order chi connectivity index (χ0) is 17.7. The van der Waals surface area contributed by atoms with Crippen LogP contribution in [0.2, 0.25) is 0 Å². The Balaban J connectivity index is 1.99. The molecular formula is C18H15BrN4O2. The number of likely N-dealkylation sites (N-methyl/N-ethyl adjacent to an activating group) is 1. The van der Waals surface area contributed by atoms with Gasteiger partial charge in [-0.1, -0.05) is 22.0 Å². The molecule has 0 saturated carbocycles. The molecule has 1 atom stereocenters. The molecule has 0 radical (unpaired) electrons. The summed E-state index contributed by atoms with van der Waals surface area (Å²) in [7, 11) is 1.52. The number of hydrogen-bond acceptors (Lipinski definition) is 4. The van der Waals surface area contributed by atoms with Crippen LogP contribution in [0.3, 0.4) is 0 Å². The first-order valence-corrected chi connectivity index (χ1v) is 8.66. The molecule has 2 aromatic heterocycles. The monoisotopic (exact) mass is 398 g/mol. The second-order valence-corrected chi connectivity index (χ2v) is 7.04. The smallest absolute Gasteiger partial charge is 0.238 e. The van der Waals surface area contributed by atoms with Crippen LogP contribution in [0.15, 0.2) is 41.1 Å². The van der Waals surface area contributed by atoms with Crippen molar-refractivity contribution in [2.75, 3.05) is 7.05 Å². The van der Waals surface area contributed by atoms with Gasteiger partial charge in [-0.15, -0.1) is 0 Å². The molecule has 1 aliphatic heterocycles. The van der Waals surface area contributed by atoms with Crippen molar-refractivity contribution in [3.8, 4) is 5.95 Å². The SMILES string of the molecule is Cc1cnc(-n2c(C3CC(=O)N(C)C3=O)cc3c(Br)cccc32)nc1. The average Bonchev–Trinajstić information content (AvgIpc) is 3.10. The van der Waals surface area contributed by atoms with E-state index in [1.807, 2.05) is 35.8 Å². The number of carbonyl (C=O) groups excluding carboxylic acids is 2. The van der Waals surface area contributed by atoms with E-state index in [1.165, 1.54) is 11.9 Å². The van der Waals surface area contributed by atoms with Gasteiger partial charge in [-0.2, -0.15) is 0 Å². The highest BCUT2D eigenvalue weighted by molar-refractivity contribution is 9.10. The molecular weight excluding hydrogens is 384 g/mol. The standard InChI is InChI=1S/C18H15BrN4O2/c1-10-8-20-18(21-9-10)23-14-5-3-4-13(19)11(14)6-15(23)12-7-16(24)22(2)17(12)25/h3-6,8-9,12H,7H2,1-2H3. The number of aromatic nitrogens is 3. The molecule has 1 unspecified atom stereocenters. The van der Waals surface area contributed by atoms with Crippen molar-refractivity contribution in [1.82, 2.24) is 19.4 Å². The minimum atomic E-state index is -0.526. The third kappa shape index (κ3) is 2.46. The van der Waals surface area contributed by atoms with Gasteiger partial charge in [0.2, 0.25) is 17.8 Å². The lowest BCUT2D eigenvalue weighted by Gasteiger charge is -2.13. The molecule has 3 aromatic rings. The maximum atomic E-state index is 12.6. The van der Waals surface area contributed by atoms with E-state index in [1.54, 1.807) is 12.4 Å². The largest absolute Gasteiger partial charge is 0.285 e. The van der Waals surface area contributed by atoms with Crippen molar-refractivity contribution >= 4 is 38.6 Å². The van der Waals surface area contributed by atoms with E-state index in [9.17, 15) is 9.59 Å². The quantitative estimate of drug-likeness (QED) is 0.622. The zero-order valence-corrected chi connectivity index (χ0v) is 15.3. The zero-order valence-electron chi connectivity index (χ0n) is 13.7. The Kier molecular flexibility index (Phi) is 3.68. The number of halogens is 1. The van der Waals surface area contributed by atoms with Crippen LogP contribution in [-0.4, -0.2) is 38.3 Å². The first-order valence-electron chi connectivity index (χ1n) is 7.86. The van der Waals surface area contributed by atoms with Crippen molar-refractivity contribution in [1.29, 1.82) is 0 Å². The number of nitrogens with zero attached hydrogens (tertiary/aromatic N) is 4. The molecule has 3 heterocycles. The predicted octanol–water partition coefficient (Wildman–Crippen LogP) is 2.96. The Morgan fingerprint density at radius 2 is 1.92 bits per heavy atom. The van der Waals surface area contributed by atoms with Crippen LogP contribution in [0.25, 0.3) is 16.9 Å². The predicted molar refractivity (Wildman–Crippen MR) is 96.4 cm³/mol. The molecule has 1 saturated heterocycles. The normalized spacial score (nSPS) is 17.7. The van der Waals surface area contributed by atoms with Gasteiger partial charge >= 0.3 is 0 Å². The Labute approximate surface area is 152 Å². The summed E-state index contributed by atoms with van der Waals surface area (Å²) >= 11 is 3.56. The van der Waals surface area contributed by atoms with Gasteiger partial charge < -0.3 is 0 Å². The number of hydrogen-bond donors (Lipinski definition) is 0. The number of carbonyl (C=O) groups is 2. The molecule has 25 heavy (non-hydrogen) atoms. The topological polar surface area (TPSA) is 68.1 Å². The number of likely N-dealkylation sites (tertiary alicyclic amines) is 1. The number of benzene rings is 1. The van der Waals surface area contributed by atoms with Crippen LogP contribution in [0.1, 0.15) is 23.6 Å². The lowest BCUT2D eigenvalue weighted by Crippen LogP contribution is -2.25. The molecule has 6 nitrogen and oxygen atoms in total. The summed E-state index contributed by atoms with van der Waals surface area (Å²) in [5.41, 5.74) is 2.58. The molecule has 0 bridgehead atoms. The molecule has 126 valence electrons. The van der Waals surface area contributed by atoms with Crippen molar-refractivity contribution in [3.63, 3.8) is 0 Å². The first kappa shape index (κ1) is 16.0. The van der Waals surface area contributed by atoms with E-state index < -0.39 is 5.92 Å². The Morgan fingerprint density at radius 1 is 1.20 bits per heavy atom. The van der Waals surface area contributed by atoms with Crippen molar-refractivity contribution in [3.05, 3.63) is 52.4 Å². The highest BCUT2D eigenvalue weighted by Gasteiger charge is 2.39. The van der Waals surface area contributed by atoms with Gasteiger partial charge in [-0.25, -0.2) is 9.97 Å². The van der Waals surface area contributed by atoms with E-state index in [4.69, 9.17) is 0 Å². The Bertz CT molecular complexity index is 1010. The summed E-state index contributed by atoms with van der Waals surface area (Å²) in [4.78, 5) is 34.6. The van der Waals surface area contributed by atoms with Crippen molar-refractivity contribution in [2.45, 2.75) is 19.3 Å². The fraction of sp³-hybridized carbons (Fsp3) is 0.222. The van der Waals surface area contributed by atoms with Crippen LogP contribution < -0.4 is 0 Å². The molecule has 2 amide bonds. The van der Waals surface area contributed by atoms with E-state index in [0.717, 1.165) is 26.6 Å². The lowest BCUT2D eigenvalue weighted by molar-refractivity contribution is -0.137. The van der Waals surface area contributed by atoms with Gasteiger partial charge in [-0.3, -0.25) is 19.1 Å². The number of rotatable bonds is 2. The number of amides is 2. The van der Waals surface area contributed by atoms with Gasteiger partial charge in [0.05, 0.1) is 11.4 Å². The Hall–Kier alpha value is -2.54. The van der Waals surface area contributed by atoms with Crippen molar-refractivity contribution in [2.24, 2.45) is 0 Å². The number of imide groups is 1. The van der Waals surface area contributed by atoms with Gasteiger partial charge in [0.1, 0.15) is 0 Å². The van der Waals surface area contributed by atoms with E-state index in [2.05, 4.69) is 25.9 Å². The third-order valence-electron chi connectivity index (χ3n) is 4.53. The number of fused-ring (bicyclic) bond motifs is 1. The van der Waals surface area contributed by atoms with E-state index in [-0.39, 0.29) is 18.2 Å². The second-order valence-electron chi connectivity index (χ2n) is 6.19. The maximum Gasteiger partial charge on any atom is 0.238 e.